The zero-order chi connectivity index (χ0) is 33.1. The third-order valence-corrected chi connectivity index (χ3v) is 10.3. The Morgan fingerprint density at radius 3 is 1.72 bits per heavy atom. The maximum Gasteiger partial charge on any atom is 0.261 e. The second-order valence-corrected chi connectivity index (χ2v) is 13.5. The molecule has 1 atom stereocenters. The molecule has 5 rings (SSSR count). The lowest BCUT2D eigenvalue weighted by Crippen LogP contribution is -2.49. The Bertz CT molecular complexity index is 1390. The van der Waals surface area contributed by atoms with E-state index in [0.717, 1.165) is 50.1 Å². The van der Waals surface area contributed by atoms with E-state index in [1.807, 2.05) is 36.4 Å². The van der Waals surface area contributed by atoms with Gasteiger partial charge in [0, 0.05) is 19.6 Å². The van der Waals surface area contributed by atoms with Crippen molar-refractivity contribution in [2.45, 2.75) is 69.6 Å². The smallest absolute Gasteiger partial charge is 0.261 e. The van der Waals surface area contributed by atoms with Gasteiger partial charge >= 0.3 is 0 Å². The third-order valence-electron chi connectivity index (χ3n) is 10.3. The molecule has 1 unspecified atom stereocenters. The summed E-state index contributed by atoms with van der Waals surface area (Å²) in [5.74, 6) is -0.440. The van der Waals surface area contributed by atoms with Crippen LogP contribution in [0.25, 0.3) is 0 Å². The molecular weight excluding hydrogens is 584 g/mol. The fourth-order valence-electron chi connectivity index (χ4n) is 7.69. The first-order valence-electron chi connectivity index (χ1n) is 17.7. The van der Waals surface area contributed by atoms with Gasteiger partial charge in [0.2, 0.25) is 5.91 Å². The minimum absolute atomic E-state index is 0.154. The molecular formula is C40H52N4O3. The van der Waals surface area contributed by atoms with Gasteiger partial charge in [-0.15, -0.1) is 0 Å². The molecule has 0 aliphatic carbocycles. The van der Waals surface area contributed by atoms with Crippen LogP contribution in [0, 0.1) is 5.92 Å². The normalized spacial score (nSPS) is 16.7. The lowest BCUT2D eigenvalue weighted by molar-refractivity contribution is -0.123. The number of benzene rings is 3. The number of carbonyl (C=O) groups excluding carboxylic acids is 3. The second-order valence-electron chi connectivity index (χ2n) is 13.5. The highest BCUT2D eigenvalue weighted by Gasteiger charge is 2.49. The number of amides is 3. The molecule has 7 heteroatoms. The maximum absolute atomic E-state index is 13.3. The van der Waals surface area contributed by atoms with Crippen LogP contribution in [0.2, 0.25) is 0 Å². The van der Waals surface area contributed by atoms with E-state index >= 15 is 0 Å². The Hall–Kier alpha value is -3.81. The number of rotatable bonds is 19. The van der Waals surface area contributed by atoms with Crippen LogP contribution in [-0.4, -0.2) is 78.7 Å². The Labute approximate surface area is 281 Å². The number of likely N-dealkylation sites (N-methyl/N-ethyl adjacent to an activating group) is 1. The SMILES string of the molecule is CN(CCCCCCCCCCCN1CCC(C(C(N)=O)(c2ccccc2)c2ccccc2)C1)CCN1C(=O)c2ccccc2C1=O. The van der Waals surface area contributed by atoms with E-state index in [2.05, 4.69) is 41.1 Å². The fraction of sp³-hybridized carbons (Fsp3) is 0.475. The summed E-state index contributed by atoms with van der Waals surface area (Å²) in [6.07, 6.45) is 12.1. The molecule has 7 nitrogen and oxygen atoms in total. The van der Waals surface area contributed by atoms with Crippen LogP contribution < -0.4 is 5.73 Å². The molecule has 0 bridgehead atoms. The van der Waals surface area contributed by atoms with Gasteiger partial charge in [0.05, 0.1) is 11.1 Å². The minimum atomic E-state index is -0.811. The van der Waals surface area contributed by atoms with Gasteiger partial charge < -0.3 is 15.5 Å². The summed E-state index contributed by atoms with van der Waals surface area (Å²) >= 11 is 0. The van der Waals surface area contributed by atoms with Gasteiger partial charge in [0.15, 0.2) is 0 Å². The quantitative estimate of drug-likeness (QED) is 0.120. The zero-order valence-electron chi connectivity index (χ0n) is 28.1. The first kappa shape index (κ1) is 34.5. The van der Waals surface area contributed by atoms with E-state index in [4.69, 9.17) is 5.73 Å². The molecule has 3 aromatic rings. The molecule has 3 aromatic carbocycles. The van der Waals surface area contributed by atoms with Gasteiger partial charge in [-0.25, -0.2) is 0 Å². The number of fused-ring (bicyclic) bond motifs is 1. The number of nitrogens with zero attached hydrogens (tertiary/aromatic N) is 3. The molecule has 0 aromatic heterocycles. The fourth-order valence-corrected chi connectivity index (χ4v) is 7.69. The highest BCUT2D eigenvalue weighted by molar-refractivity contribution is 6.21. The van der Waals surface area contributed by atoms with E-state index in [0.29, 0.717) is 24.2 Å². The van der Waals surface area contributed by atoms with Crippen molar-refractivity contribution in [3.05, 3.63) is 107 Å². The number of imide groups is 1. The first-order chi connectivity index (χ1) is 22.9. The lowest BCUT2D eigenvalue weighted by Gasteiger charge is -2.37. The summed E-state index contributed by atoms with van der Waals surface area (Å²) in [4.78, 5) is 44.5. The van der Waals surface area contributed by atoms with Gasteiger partial charge in [-0.1, -0.05) is 118 Å². The molecule has 3 amide bonds. The summed E-state index contributed by atoms with van der Waals surface area (Å²) in [5.41, 5.74) is 8.49. The van der Waals surface area contributed by atoms with E-state index in [1.54, 1.807) is 24.3 Å². The summed E-state index contributed by atoms with van der Waals surface area (Å²) in [6, 6.07) is 27.3. The van der Waals surface area contributed by atoms with Crippen molar-refractivity contribution in [3.63, 3.8) is 0 Å². The van der Waals surface area contributed by atoms with Crippen molar-refractivity contribution in [1.29, 1.82) is 0 Å². The van der Waals surface area contributed by atoms with Gasteiger partial charge in [-0.2, -0.15) is 0 Å². The summed E-state index contributed by atoms with van der Waals surface area (Å²) in [7, 11) is 2.07. The van der Waals surface area contributed by atoms with Gasteiger partial charge in [0.1, 0.15) is 5.41 Å². The van der Waals surface area contributed by atoms with Crippen LogP contribution in [0.1, 0.15) is 96.1 Å². The van der Waals surface area contributed by atoms with Crippen LogP contribution >= 0.6 is 0 Å². The minimum Gasteiger partial charge on any atom is -0.369 e. The van der Waals surface area contributed by atoms with E-state index in [9.17, 15) is 14.4 Å². The molecule has 1 fully saturated rings. The van der Waals surface area contributed by atoms with E-state index in [1.165, 1.54) is 56.3 Å². The van der Waals surface area contributed by atoms with Crippen molar-refractivity contribution in [2.24, 2.45) is 11.7 Å². The van der Waals surface area contributed by atoms with Gasteiger partial charge in [-0.05, 0) is 75.1 Å². The van der Waals surface area contributed by atoms with Crippen LogP contribution in [0.3, 0.4) is 0 Å². The monoisotopic (exact) mass is 636 g/mol. The van der Waals surface area contributed by atoms with Gasteiger partial charge in [-0.3, -0.25) is 19.3 Å². The molecule has 250 valence electrons. The Morgan fingerprint density at radius 2 is 1.19 bits per heavy atom. The number of likely N-dealkylation sites (tertiary alicyclic amines) is 1. The Balaban J connectivity index is 0.924. The largest absolute Gasteiger partial charge is 0.369 e. The van der Waals surface area contributed by atoms with Crippen molar-refractivity contribution >= 4 is 17.7 Å². The number of primary amides is 1. The standard InChI is InChI=1S/C40H52N4O3/c1-42(29-30-44-37(45)35-23-15-16-24-36(35)38(44)46)26-17-7-5-3-2-4-6-8-18-27-43-28-25-34(31-43)40(39(41)47,32-19-11-9-12-20-32)33-21-13-10-14-22-33/h9-16,19-24,34H,2-8,17-18,25-31H2,1H3,(H2,41,47). The van der Waals surface area contributed by atoms with Crippen molar-refractivity contribution in [3.8, 4) is 0 Å². The zero-order valence-corrected chi connectivity index (χ0v) is 28.1. The van der Waals surface area contributed by atoms with E-state index < -0.39 is 5.41 Å². The van der Waals surface area contributed by atoms with Crippen molar-refractivity contribution in [1.82, 2.24) is 14.7 Å². The summed E-state index contributed by atoms with van der Waals surface area (Å²) < 4.78 is 0. The molecule has 0 spiro atoms. The number of hydrogen-bond acceptors (Lipinski definition) is 5. The predicted molar refractivity (Wildman–Crippen MR) is 188 cm³/mol. The predicted octanol–water partition coefficient (Wildman–Crippen LogP) is 6.52. The maximum atomic E-state index is 13.3. The molecule has 0 radical (unpaired) electrons. The van der Waals surface area contributed by atoms with Crippen molar-refractivity contribution in [2.75, 3.05) is 46.3 Å². The molecule has 47 heavy (non-hydrogen) atoms. The van der Waals surface area contributed by atoms with Crippen LogP contribution in [0.4, 0.5) is 0 Å². The molecule has 2 heterocycles. The molecule has 2 aliphatic heterocycles. The highest BCUT2D eigenvalue weighted by Crippen LogP contribution is 2.43. The first-order valence-corrected chi connectivity index (χ1v) is 17.7. The summed E-state index contributed by atoms with van der Waals surface area (Å²) in [5, 5.41) is 0. The topological polar surface area (TPSA) is 86.9 Å². The average molecular weight is 637 g/mol. The third kappa shape index (κ3) is 8.20. The highest BCUT2D eigenvalue weighted by atomic mass is 16.2. The van der Waals surface area contributed by atoms with Crippen LogP contribution in [-0.2, 0) is 10.2 Å². The van der Waals surface area contributed by atoms with E-state index in [-0.39, 0.29) is 23.6 Å². The summed E-state index contributed by atoms with van der Waals surface area (Å²) in [6.45, 7) is 5.11. The van der Waals surface area contributed by atoms with Crippen molar-refractivity contribution < 1.29 is 14.4 Å². The number of unbranched alkanes of at least 4 members (excludes halogenated alkanes) is 8. The van der Waals surface area contributed by atoms with Gasteiger partial charge in [0.25, 0.3) is 11.8 Å². The average Bonchev–Trinajstić information content (AvgIpc) is 3.66. The molecule has 1 saturated heterocycles. The number of carbonyl (C=O) groups is 3. The lowest BCUT2D eigenvalue weighted by atomic mass is 9.64. The Morgan fingerprint density at radius 1 is 0.702 bits per heavy atom. The molecule has 2 aliphatic rings. The second kappa shape index (κ2) is 16.8. The molecule has 0 saturated carbocycles. The number of hydrogen-bond donors (Lipinski definition) is 1. The van der Waals surface area contributed by atoms with Crippen LogP contribution in [0.5, 0.6) is 0 Å². The van der Waals surface area contributed by atoms with Crippen LogP contribution in [0.15, 0.2) is 84.9 Å². The number of nitrogens with two attached hydrogens (primary N) is 1. The molecule has 2 N–H and O–H groups in total. The Kier molecular flexibility index (Phi) is 12.4.